The van der Waals surface area contributed by atoms with Gasteiger partial charge in [-0.3, -0.25) is 10.3 Å². The number of hydrogen-bond acceptors (Lipinski definition) is 3. The van der Waals surface area contributed by atoms with Crippen LogP contribution in [0.4, 0.5) is 5.69 Å². The maximum absolute atomic E-state index is 10.6. The molecule has 0 amide bonds. The summed E-state index contributed by atoms with van der Waals surface area (Å²) in [6, 6.07) is 6.09. The van der Waals surface area contributed by atoms with Crippen molar-refractivity contribution in [2.45, 2.75) is 26.3 Å². The first kappa shape index (κ1) is 11.5. The van der Waals surface area contributed by atoms with Crippen LogP contribution in [0.1, 0.15) is 31.1 Å². The van der Waals surface area contributed by atoms with Crippen molar-refractivity contribution >= 4 is 11.7 Å². The Balaban J connectivity index is 2.94. The minimum atomic E-state index is -0.971. The molecule has 0 unspecified atom stereocenters. The molecule has 0 aliphatic carbocycles. The van der Waals surface area contributed by atoms with Crippen LogP contribution in [-0.4, -0.2) is 21.8 Å². The fourth-order valence-electron chi connectivity index (χ4n) is 1.13. The molecule has 4 heteroatoms. The predicted octanol–water partition coefficient (Wildman–Crippen LogP) is 2.38. The molecule has 82 valence electrons. The smallest absolute Gasteiger partial charge is 0.335 e. The summed E-state index contributed by atoms with van der Waals surface area (Å²) in [5.41, 5.74) is 0.374. The molecule has 0 radical (unpaired) electrons. The zero-order valence-electron chi connectivity index (χ0n) is 9.06. The van der Waals surface area contributed by atoms with Crippen molar-refractivity contribution in [3.05, 3.63) is 29.8 Å². The summed E-state index contributed by atoms with van der Waals surface area (Å²) in [7, 11) is 0. The van der Waals surface area contributed by atoms with Gasteiger partial charge in [0.1, 0.15) is 0 Å². The molecule has 0 heterocycles. The number of hydroxylamine groups is 1. The van der Waals surface area contributed by atoms with Crippen LogP contribution in [0.15, 0.2) is 24.3 Å². The van der Waals surface area contributed by atoms with E-state index in [9.17, 15) is 10.0 Å². The Morgan fingerprint density at radius 1 is 1.20 bits per heavy atom. The minimum Gasteiger partial charge on any atom is -0.478 e. The maximum Gasteiger partial charge on any atom is 0.335 e. The lowest BCUT2D eigenvalue weighted by Gasteiger charge is -2.31. The number of nitrogens with zero attached hydrogens (tertiary/aromatic N) is 1. The first-order valence-electron chi connectivity index (χ1n) is 4.65. The van der Waals surface area contributed by atoms with Gasteiger partial charge in [-0.1, -0.05) is 0 Å². The number of carboxylic acids is 1. The Hall–Kier alpha value is -1.55. The van der Waals surface area contributed by atoms with E-state index in [2.05, 4.69) is 0 Å². The third-order valence-corrected chi connectivity index (χ3v) is 1.99. The van der Waals surface area contributed by atoms with Gasteiger partial charge < -0.3 is 5.11 Å². The lowest BCUT2D eigenvalue weighted by atomic mass is 10.1. The van der Waals surface area contributed by atoms with Crippen LogP contribution < -0.4 is 5.06 Å². The molecular weight excluding hydrogens is 194 g/mol. The van der Waals surface area contributed by atoms with Crippen molar-refractivity contribution in [3.8, 4) is 0 Å². The van der Waals surface area contributed by atoms with Crippen LogP contribution in [0.25, 0.3) is 0 Å². The molecule has 0 fully saturated rings. The molecule has 0 aliphatic heterocycles. The van der Waals surface area contributed by atoms with Crippen molar-refractivity contribution in [2.75, 3.05) is 5.06 Å². The highest BCUT2D eigenvalue weighted by Crippen LogP contribution is 2.21. The third-order valence-electron chi connectivity index (χ3n) is 1.99. The number of anilines is 1. The molecule has 4 nitrogen and oxygen atoms in total. The van der Waals surface area contributed by atoms with E-state index in [1.54, 1.807) is 12.1 Å². The molecule has 1 aromatic rings. The van der Waals surface area contributed by atoms with Crippen molar-refractivity contribution in [1.82, 2.24) is 0 Å². The van der Waals surface area contributed by atoms with Crippen molar-refractivity contribution in [2.24, 2.45) is 0 Å². The SMILES string of the molecule is CC(C)(C)N(O)c1ccc(C(=O)O)cc1. The van der Waals surface area contributed by atoms with E-state index in [-0.39, 0.29) is 5.56 Å². The molecule has 0 atom stereocenters. The zero-order valence-corrected chi connectivity index (χ0v) is 9.06. The molecule has 0 aliphatic rings. The van der Waals surface area contributed by atoms with Crippen LogP contribution in [0.2, 0.25) is 0 Å². The average molecular weight is 209 g/mol. The fourth-order valence-corrected chi connectivity index (χ4v) is 1.13. The highest BCUT2D eigenvalue weighted by molar-refractivity contribution is 5.88. The van der Waals surface area contributed by atoms with Crippen molar-refractivity contribution in [3.63, 3.8) is 0 Å². The molecule has 2 N–H and O–H groups in total. The van der Waals surface area contributed by atoms with Crippen molar-refractivity contribution in [1.29, 1.82) is 0 Å². The molecule has 15 heavy (non-hydrogen) atoms. The summed E-state index contributed by atoms with van der Waals surface area (Å²) in [4.78, 5) is 10.6. The van der Waals surface area contributed by atoms with Crippen LogP contribution in [-0.2, 0) is 0 Å². The zero-order chi connectivity index (χ0) is 11.6. The van der Waals surface area contributed by atoms with Gasteiger partial charge in [-0.2, -0.15) is 0 Å². The number of carbonyl (C=O) groups is 1. The van der Waals surface area contributed by atoms with Crippen LogP contribution in [0.5, 0.6) is 0 Å². The Morgan fingerprint density at radius 2 is 1.67 bits per heavy atom. The summed E-state index contributed by atoms with van der Waals surface area (Å²) in [5, 5.41) is 19.6. The van der Waals surface area contributed by atoms with Crippen LogP contribution >= 0.6 is 0 Å². The van der Waals surface area contributed by atoms with Gasteiger partial charge in [0.05, 0.1) is 16.8 Å². The van der Waals surface area contributed by atoms with Gasteiger partial charge in [-0.15, -0.1) is 0 Å². The summed E-state index contributed by atoms with van der Waals surface area (Å²) in [5.74, 6) is -0.971. The lowest BCUT2D eigenvalue weighted by Crippen LogP contribution is -2.38. The summed E-state index contributed by atoms with van der Waals surface area (Å²) < 4.78 is 0. The molecule has 0 saturated carbocycles. The highest BCUT2D eigenvalue weighted by Gasteiger charge is 2.19. The fraction of sp³-hybridized carbons (Fsp3) is 0.364. The molecule has 0 spiro atoms. The predicted molar refractivity (Wildman–Crippen MR) is 57.4 cm³/mol. The minimum absolute atomic E-state index is 0.209. The second-order valence-corrected chi connectivity index (χ2v) is 4.33. The number of rotatable bonds is 2. The van der Waals surface area contributed by atoms with E-state index in [1.165, 1.54) is 12.1 Å². The monoisotopic (exact) mass is 209 g/mol. The molecular formula is C11H15NO3. The second kappa shape index (κ2) is 3.90. The number of aromatic carboxylic acids is 1. The molecule has 0 saturated heterocycles. The molecule has 0 aromatic heterocycles. The van der Waals surface area contributed by atoms with Crippen LogP contribution in [0, 0.1) is 0 Å². The molecule has 0 bridgehead atoms. The van der Waals surface area contributed by atoms with Gasteiger partial charge in [0, 0.05) is 0 Å². The lowest BCUT2D eigenvalue weighted by molar-refractivity contribution is 0.0697. The Bertz CT molecular complexity index is 351. The average Bonchev–Trinajstić information content (AvgIpc) is 2.15. The van der Waals surface area contributed by atoms with Crippen LogP contribution in [0.3, 0.4) is 0 Å². The Kier molecular flexibility index (Phi) is 3.00. The maximum atomic E-state index is 10.6. The highest BCUT2D eigenvalue weighted by atomic mass is 16.5. The number of hydrogen-bond donors (Lipinski definition) is 2. The number of benzene rings is 1. The summed E-state index contributed by atoms with van der Waals surface area (Å²) >= 11 is 0. The third kappa shape index (κ3) is 2.70. The van der Waals surface area contributed by atoms with E-state index in [4.69, 9.17) is 5.11 Å². The van der Waals surface area contributed by atoms with E-state index in [0.717, 1.165) is 5.06 Å². The topological polar surface area (TPSA) is 60.8 Å². The summed E-state index contributed by atoms with van der Waals surface area (Å²) in [6.07, 6.45) is 0. The van der Waals surface area contributed by atoms with Gasteiger partial charge in [-0.05, 0) is 45.0 Å². The second-order valence-electron chi connectivity index (χ2n) is 4.33. The van der Waals surface area contributed by atoms with Gasteiger partial charge >= 0.3 is 5.97 Å². The number of carboxylic acid groups (broad SMARTS) is 1. The quantitative estimate of drug-likeness (QED) is 0.734. The van der Waals surface area contributed by atoms with Gasteiger partial charge in [-0.25, -0.2) is 4.79 Å². The van der Waals surface area contributed by atoms with Gasteiger partial charge in [0.25, 0.3) is 0 Å². The van der Waals surface area contributed by atoms with E-state index < -0.39 is 11.5 Å². The molecule has 1 rings (SSSR count). The first-order valence-corrected chi connectivity index (χ1v) is 4.65. The van der Waals surface area contributed by atoms with E-state index in [1.807, 2.05) is 20.8 Å². The normalized spacial score (nSPS) is 11.2. The van der Waals surface area contributed by atoms with E-state index in [0.29, 0.717) is 5.69 Å². The summed E-state index contributed by atoms with van der Waals surface area (Å²) in [6.45, 7) is 5.58. The first-order chi connectivity index (χ1) is 6.82. The standard InChI is InChI=1S/C11H15NO3/c1-11(2,3)12(15)9-6-4-8(5-7-9)10(13)14/h4-7,15H,1-3H3,(H,13,14). The Morgan fingerprint density at radius 3 is 2.00 bits per heavy atom. The Labute approximate surface area is 88.7 Å². The van der Waals surface area contributed by atoms with Gasteiger partial charge in [0.2, 0.25) is 0 Å². The largest absolute Gasteiger partial charge is 0.478 e. The van der Waals surface area contributed by atoms with Gasteiger partial charge in [0.15, 0.2) is 0 Å². The van der Waals surface area contributed by atoms with Crippen molar-refractivity contribution < 1.29 is 15.1 Å². The van der Waals surface area contributed by atoms with E-state index >= 15 is 0 Å². The molecule has 1 aromatic carbocycles.